The van der Waals surface area contributed by atoms with Crippen molar-refractivity contribution in [2.24, 2.45) is 0 Å². The van der Waals surface area contributed by atoms with Crippen molar-refractivity contribution >= 4 is 5.95 Å². The SMILES string of the molecule is c1ccc(-n2nnnc2N2CCN(Cc3ccccn3)CC2)cc1. The molecule has 2 aromatic heterocycles. The van der Waals surface area contributed by atoms with Crippen LogP contribution in [0.3, 0.4) is 0 Å². The number of hydrogen-bond donors (Lipinski definition) is 0. The number of anilines is 1. The molecule has 1 fully saturated rings. The Morgan fingerprint density at radius 3 is 2.42 bits per heavy atom. The van der Waals surface area contributed by atoms with Crippen molar-refractivity contribution in [2.75, 3.05) is 31.1 Å². The second kappa shape index (κ2) is 6.76. The number of aromatic nitrogens is 5. The molecule has 1 aromatic carbocycles. The molecule has 0 bridgehead atoms. The van der Waals surface area contributed by atoms with Crippen LogP contribution in [0.1, 0.15) is 5.69 Å². The first-order valence-corrected chi connectivity index (χ1v) is 8.11. The predicted molar refractivity (Wildman–Crippen MR) is 90.9 cm³/mol. The maximum Gasteiger partial charge on any atom is 0.250 e. The first-order valence-electron chi connectivity index (χ1n) is 8.11. The number of rotatable bonds is 4. The molecule has 1 saturated heterocycles. The molecule has 3 aromatic rings. The number of para-hydroxylation sites is 1. The molecule has 0 atom stereocenters. The average molecular weight is 321 g/mol. The number of piperazine rings is 1. The molecule has 7 nitrogen and oxygen atoms in total. The van der Waals surface area contributed by atoms with Crippen LogP contribution in [0.15, 0.2) is 54.7 Å². The molecule has 24 heavy (non-hydrogen) atoms. The third kappa shape index (κ3) is 3.11. The zero-order chi connectivity index (χ0) is 16.2. The van der Waals surface area contributed by atoms with Crippen LogP contribution in [0.4, 0.5) is 5.95 Å². The molecule has 0 N–H and O–H groups in total. The maximum atomic E-state index is 4.40. The zero-order valence-corrected chi connectivity index (χ0v) is 13.4. The van der Waals surface area contributed by atoms with Gasteiger partial charge in [-0.05, 0) is 34.7 Å². The Bertz CT molecular complexity index is 764. The fraction of sp³-hybridized carbons (Fsp3) is 0.294. The molecule has 3 heterocycles. The monoisotopic (exact) mass is 321 g/mol. The minimum Gasteiger partial charge on any atom is -0.337 e. The van der Waals surface area contributed by atoms with Gasteiger partial charge in [0.05, 0.1) is 11.4 Å². The van der Waals surface area contributed by atoms with Crippen LogP contribution in [0, 0.1) is 0 Å². The van der Waals surface area contributed by atoms with E-state index in [4.69, 9.17) is 0 Å². The van der Waals surface area contributed by atoms with Gasteiger partial charge in [-0.1, -0.05) is 29.4 Å². The number of benzene rings is 1. The molecule has 1 aliphatic heterocycles. The minimum absolute atomic E-state index is 0.804. The van der Waals surface area contributed by atoms with Crippen LogP contribution in [-0.4, -0.2) is 56.3 Å². The maximum absolute atomic E-state index is 4.40. The molecule has 7 heteroatoms. The second-order valence-electron chi connectivity index (χ2n) is 5.81. The Labute approximate surface area is 140 Å². The summed E-state index contributed by atoms with van der Waals surface area (Å²) < 4.78 is 1.80. The summed E-state index contributed by atoms with van der Waals surface area (Å²) in [6.07, 6.45) is 1.85. The average Bonchev–Trinajstić information content (AvgIpc) is 3.14. The summed E-state index contributed by atoms with van der Waals surface area (Å²) in [5, 5.41) is 12.2. The highest BCUT2D eigenvalue weighted by Gasteiger charge is 2.22. The van der Waals surface area contributed by atoms with Gasteiger partial charge in [-0.3, -0.25) is 9.88 Å². The molecule has 122 valence electrons. The van der Waals surface area contributed by atoms with E-state index >= 15 is 0 Å². The molecule has 0 unspecified atom stereocenters. The van der Waals surface area contributed by atoms with Crippen molar-refractivity contribution in [3.63, 3.8) is 0 Å². The van der Waals surface area contributed by atoms with Crippen molar-refractivity contribution in [2.45, 2.75) is 6.54 Å². The van der Waals surface area contributed by atoms with E-state index in [1.807, 2.05) is 48.7 Å². The highest BCUT2D eigenvalue weighted by atomic mass is 15.6. The van der Waals surface area contributed by atoms with Gasteiger partial charge in [0.2, 0.25) is 5.95 Å². The predicted octanol–water partition coefficient (Wildman–Crippen LogP) is 1.38. The van der Waals surface area contributed by atoms with E-state index < -0.39 is 0 Å². The molecule has 0 amide bonds. The van der Waals surface area contributed by atoms with E-state index in [0.717, 1.165) is 50.1 Å². The van der Waals surface area contributed by atoms with E-state index in [1.165, 1.54) is 0 Å². The van der Waals surface area contributed by atoms with Crippen LogP contribution in [0.25, 0.3) is 5.69 Å². The summed E-state index contributed by atoms with van der Waals surface area (Å²) in [5.41, 5.74) is 2.09. The molecular weight excluding hydrogens is 302 g/mol. The highest BCUT2D eigenvalue weighted by Crippen LogP contribution is 2.17. The molecular formula is C17H19N7. The van der Waals surface area contributed by atoms with Crippen LogP contribution in [-0.2, 0) is 6.54 Å². The summed E-state index contributed by atoms with van der Waals surface area (Å²) in [4.78, 5) is 9.05. The summed E-state index contributed by atoms with van der Waals surface area (Å²) in [6.45, 7) is 4.63. The highest BCUT2D eigenvalue weighted by molar-refractivity contribution is 5.40. The van der Waals surface area contributed by atoms with Crippen molar-refractivity contribution in [1.29, 1.82) is 0 Å². The molecule has 0 radical (unpaired) electrons. The normalized spacial score (nSPS) is 15.6. The Kier molecular flexibility index (Phi) is 4.16. The fourth-order valence-electron chi connectivity index (χ4n) is 2.94. The van der Waals surface area contributed by atoms with Crippen LogP contribution >= 0.6 is 0 Å². The van der Waals surface area contributed by atoms with Gasteiger partial charge in [0.25, 0.3) is 0 Å². The molecule has 0 aliphatic carbocycles. The van der Waals surface area contributed by atoms with E-state index in [1.54, 1.807) is 4.68 Å². The van der Waals surface area contributed by atoms with Gasteiger partial charge in [-0.15, -0.1) is 0 Å². The third-order valence-corrected chi connectivity index (χ3v) is 4.22. The van der Waals surface area contributed by atoms with Crippen molar-refractivity contribution in [3.8, 4) is 5.69 Å². The summed E-state index contributed by atoms with van der Waals surface area (Å²) in [5.74, 6) is 0.804. The Hall–Kier alpha value is -2.80. The quantitative estimate of drug-likeness (QED) is 0.723. The standard InChI is InChI=1S/C17H19N7/c1-2-7-16(8-3-1)24-17(19-20-21-24)23-12-10-22(11-13-23)14-15-6-4-5-9-18-15/h1-9H,10-14H2. The number of tetrazole rings is 1. The zero-order valence-electron chi connectivity index (χ0n) is 13.4. The van der Waals surface area contributed by atoms with Gasteiger partial charge in [-0.25, -0.2) is 0 Å². The van der Waals surface area contributed by atoms with Gasteiger partial charge in [0, 0.05) is 38.9 Å². The summed E-state index contributed by atoms with van der Waals surface area (Å²) in [7, 11) is 0. The molecule has 0 saturated carbocycles. The molecule has 4 rings (SSSR count). The number of nitrogens with zero attached hydrogens (tertiary/aromatic N) is 7. The van der Waals surface area contributed by atoms with Gasteiger partial charge >= 0.3 is 0 Å². The first-order chi connectivity index (χ1) is 11.9. The Balaban J connectivity index is 1.43. The van der Waals surface area contributed by atoms with Crippen molar-refractivity contribution in [1.82, 2.24) is 30.1 Å². The number of pyridine rings is 1. The van der Waals surface area contributed by atoms with Gasteiger partial charge < -0.3 is 4.90 Å². The van der Waals surface area contributed by atoms with Crippen LogP contribution < -0.4 is 4.90 Å². The lowest BCUT2D eigenvalue weighted by molar-refractivity contribution is 0.245. The molecule has 1 aliphatic rings. The van der Waals surface area contributed by atoms with Crippen LogP contribution in [0.2, 0.25) is 0 Å². The van der Waals surface area contributed by atoms with Crippen molar-refractivity contribution < 1.29 is 0 Å². The van der Waals surface area contributed by atoms with E-state index in [2.05, 4.69) is 36.4 Å². The summed E-state index contributed by atoms with van der Waals surface area (Å²) in [6, 6.07) is 16.1. The smallest absolute Gasteiger partial charge is 0.250 e. The second-order valence-corrected chi connectivity index (χ2v) is 5.81. The van der Waals surface area contributed by atoms with E-state index in [-0.39, 0.29) is 0 Å². The fourth-order valence-corrected chi connectivity index (χ4v) is 2.94. The van der Waals surface area contributed by atoms with E-state index in [9.17, 15) is 0 Å². The van der Waals surface area contributed by atoms with Gasteiger partial charge in [0.1, 0.15) is 0 Å². The minimum atomic E-state index is 0.804. The largest absolute Gasteiger partial charge is 0.337 e. The number of hydrogen-bond acceptors (Lipinski definition) is 6. The van der Waals surface area contributed by atoms with Crippen LogP contribution in [0.5, 0.6) is 0 Å². The third-order valence-electron chi connectivity index (χ3n) is 4.22. The van der Waals surface area contributed by atoms with Crippen molar-refractivity contribution in [3.05, 3.63) is 60.4 Å². The van der Waals surface area contributed by atoms with Gasteiger partial charge in [0.15, 0.2) is 0 Å². The molecule has 0 spiro atoms. The lowest BCUT2D eigenvalue weighted by atomic mass is 10.2. The first kappa shape index (κ1) is 14.8. The Morgan fingerprint density at radius 1 is 0.875 bits per heavy atom. The lowest BCUT2D eigenvalue weighted by Gasteiger charge is -2.34. The Morgan fingerprint density at radius 2 is 1.67 bits per heavy atom. The van der Waals surface area contributed by atoms with E-state index in [0.29, 0.717) is 0 Å². The summed E-state index contributed by atoms with van der Waals surface area (Å²) >= 11 is 0. The van der Waals surface area contributed by atoms with Gasteiger partial charge in [-0.2, -0.15) is 4.68 Å². The lowest BCUT2D eigenvalue weighted by Crippen LogP contribution is -2.47. The topological polar surface area (TPSA) is 63.0 Å².